The number of carbonyl (C=O) groups is 3. The van der Waals surface area contributed by atoms with Gasteiger partial charge in [-0.1, -0.05) is 6.07 Å². The average molecular weight is 264 g/mol. The third kappa shape index (κ3) is 2.89. The SMILES string of the molecule is O=C1CCC(NC(=O)c2cccc(S)c2)C(=O)N1. The number of amides is 3. The summed E-state index contributed by atoms with van der Waals surface area (Å²) in [5.41, 5.74) is 0.437. The Labute approximate surface area is 109 Å². The topological polar surface area (TPSA) is 75.3 Å². The highest BCUT2D eigenvalue weighted by molar-refractivity contribution is 7.80. The third-order valence-corrected chi connectivity index (χ3v) is 2.93. The fourth-order valence-electron chi connectivity index (χ4n) is 1.72. The highest BCUT2D eigenvalue weighted by atomic mass is 32.1. The van der Waals surface area contributed by atoms with Crippen molar-refractivity contribution in [2.24, 2.45) is 0 Å². The second-order valence-electron chi connectivity index (χ2n) is 4.03. The van der Waals surface area contributed by atoms with E-state index in [9.17, 15) is 14.4 Å². The lowest BCUT2D eigenvalue weighted by Crippen LogP contribution is -2.52. The molecule has 1 aromatic rings. The third-order valence-electron chi connectivity index (χ3n) is 2.65. The number of hydrogen-bond acceptors (Lipinski definition) is 4. The van der Waals surface area contributed by atoms with Crippen LogP contribution in [0.3, 0.4) is 0 Å². The van der Waals surface area contributed by atoms with Crippen molar-refractivity contribution in [3.63, 3.8) is 0 Å². The van der Waals surface area contributed by atoms with Gasteiger partial charge >= 0.3 is 0 Å². The number of piperidine rings is 1. The second kappa shape index (κ2) is 5.22. The highest BCUT2D eigenvalue weighted by Crippen LogP contribution is 2.10. The molecule has 1 aliphatic heterocycles. The van der Waals surface area contributed by atoms with Crippen LogP contribution in [0.4, 0.5) is 0 Å². The lowest BCUT2D eigenvalue weighted by atomic mass is 10.1. The first-order valence-electron chi connectivity index (χ1n) is 5.50. The summed E-state index contributed by atoms with van der Waals surface area (Å²) in [7, 11) is 0. The number of thiol groups is 1. The van der Waals surface area contributed by atoms with Crippen LogP contribution in [0.1, 0.15) is 23.2 Å². The van der Waals surface area contributed by atoms with Crippen LogP contribution in [0.15, 0.2) is 29.2 Å². The molecule has 1 saturated heterocycles. The van der Waals surface area contributed by atoms with Gasteiger partial charge in [0.1, 0.15) is 6.04 Å². The molecule has 1 aromatic carbocycles. The van der Waals surface area contributed by atoms with Gasteiger partial charge in [0.15, 0.2) is 0 Å². The van der Waals surface area contributed by atoms with E-state index in [4.69, 9.17) is 0 Å². The van der Waals surface area contributed by atoms with E-state index in [0.717, 1.165) is 0 Å². The zero-order chi connectivity index (χ0) is 13.1. The van der Waals surface area contributed by atoms with Crippen molar-refractivity contribution in [1.29, 1.82) is 0 Å². The maximum atomic E-state index is 11.9. The van der Waals surface area contributed by atoms with Crippen molar-refractivity contribution in [3.8, 4) is 0 Å². The van der Waals surface area contributed by atoms with E-state index in [1.165, 1.54) is 0 Å². The molecule has 2 rings (SSSR count). The van der Waals surface area contributed by atoms with E-state index in [2.05, 4.69) is 23.3 Å². The summed E-state index contributed by atoms with van der Waals surface area (Å²) >= 11 is 4.14. The molecule has 0 saturated carbocycles. The number of carbonyl (C=O) groups excluding carboxylic acids is 3. The second-order valence-corrected chi connectivity index (χ2v) is 4.54. The Morgan fingerprint density at radius 2 is 2.17 bits per heavy atom. The molecule has 0 bridgehead atoms. The minimum atomic E-state index is -0.654. The molecule has 1 heterocycles. The molecular formula is C12H12N2O3S. The van der Waals surface area contributed by atoms with Crippen molar-refractivity contribution in [3.05, 3.63) is 29.8 Å². The van der Waals surface area contributed by atoms with Gasteiger partial charge in [0, 0.05) is 16.9 Å². The molecule has 0 radical (unpaired) electrons. The molecule has 1 fully saturated rings. The molecule has 1 atom stereocenters. The Morgan fingerprint density at radius 3 is 2.83 bits per heavy atom. The van der Waals surface area contributed by atoms with Gasteiger partial charge in [-0.3, -0.25) is 19.7 Å². The first-order chi connectivity index (χ1) is 8.56. The normalized spacial score (nSPS) is 19.3. The summed E-state index contributed by atoms with van der Waals surface area (Å²) in [6.07, 6.45) is 0.570. The summed E-state index contributed by atoms with van der Waals surface area (Å²) in [6.45, 7) is 0. The Bertz CT molecular complexity index is 516. The molecule has 18 heavy (non-hydrogen) atoms. The maximum Gasteiger partial charge on any atom is 0.251 e. The number of hydrogen-bond donors (Lipinski definition) is 3. The monoisotopic (exact) mass is 264 g/mol. The quantitative estimate of drug-likeness (QED) is 0.538. The molecule has 0 aromatic heterocycles. The fraction of sp³-hybridized carbons (Fsp3) is 0.250. The number of benzene rings is 1. The first-order valence-corrected chi connectivity index (χ1v) is 5.94. The minimum absolute atomic E-state index is 0.239. The van der Waals surface area contributed by atoms with E-state index in [0.29, 0.717) is 16.9 Å². The Kier molecular flexibility index (Phi) is 3.66. The van der Waals surface area contributed by atoms with E-state index in [-0.39, 0.29) is 18.2 Å². The molecule has 0 spiro atoms. The van der Waals surface area contributed by atoms with Crippen molar-refractivity contribution in [2.75, 3.05) is 0 Å². The predicted molar refractivity (Wildman–Crippen MR) is 67.3 cm³/mol. The lowest BCUT2D eigenvalue weighted by Gasteiger charge is -2.21. The van der Waals surface area contributed by atoms with Crippen LogP contribution in [-0.4, -0.2) is 23.8 Å². The van der Waals surface area contributed by atoms with E-state index < -0.39 is 11.9 Å². The minimum Gasteiger partial charge on any atom is -0.340 e. The highest BCUT2D eigenvalue weighted by Gasteiger charge is 2.27. The van der Waals surface area contributed by atoms with E-state index >= 15 is 0 Å². The van der Waals surface area contributed by atoms with Crippen LogP contribution in [0.2, 0.25) is 0 Å². The molecule has 1 unspecified atom stereocenters. The van der Waals surface area contributed by atoms with Gasteiger partial charge < -0.3 is 5.32 Å². The van der Waals surface area contributed by atoms with Crippen LogP contribution < -0.4 is 10.6 Å². The summed E-state index contributed by atoms with van der Waals surface area (Å²) in [5, 5.41) is 4.79. The lowest BCUT2D eigenvalue weighted by molar-refractivity contribution is -0.134. The molecule has 5 nitrogen and oxygen atoms in total. The number of nitrogens with one attached hydrogen (secondary N) is 2. The zero-order valence-electron chi connectivity index (χ0n) is 9.47. The average Bonchev–Trinajstić information content (AvgIpc) is 2.32. The van der Waals surface area contributed by atoms with Crippen LogP contribution in [0, 0.1) is 0 Å². The zero-order valence-corrected chi connectivity index (χ0v) is 10.4. The molecular weight excluding hydrogens is 252 g/mol. The number of rotatable bonds is 2. The summed E-state index contributed by atoms with van der Waals surface area (Å²) in [5.74, 6) is -1.11. The molecule has 94 valence electrons. The molecule has 2 N–H and O–H groups in total. The Morgan fingerprint density at radius 1 is 1.39 bits per heavy atom. The van der Waals surface area contributed by atoms with Gasteiger partial charge in [-0.2, -0.15) is 0 Å². The predicted octanol–water partition coefficient (Wildman–Crippen LogP) is 0.510. The summed E-state index contributed by atoms with van der Waals surface area (Å²) in [6, 6.07) is 6.07. The molecule has 3 amide bonds. The summed E-state index contributed by atoms with van der Waals surface area (Å²) < 4.78 is 0. The van der Waals surface area contributed by atoms with Crippen LogP contribution in [0.5, 0.6) is 0 Å². The Hall–Kier alpha value is -1.82. The number of imide groups is 1. The van der Waals surface area contributed by atoms with Crippen molar-refractivity contribution < 1.29 is 14.4 Å². The van der Waals surface area contributed by atoms with E-state index in [1.807, 2.05) is 0 Å². The van der Waals surface area contributed by atoms with Gasteiger partial charge in [-0.15, -0.1) is 12.6 Å². The van der Waals surface area contributed by atoms with Gasteiger partial charge in [0.2, 0.25) is 11.8 Å². The molecule has 0 aliphatic carbocycles. The maximum absolute atomic E-state index is 11.9. The van der Waals surface area contributed by atoms with Crippen molar-refractivity contribution >= 4 is 30.4 Å². The van der Waals surface area contributed by atoms with Gasteiger partial charge in [-0.25, -0.2) is 0 Å². The van der Waals surface area contributed by atoms with Crippen molar-refractivity contribution in [2.45, 2.75) is 23.8 Å². The van der Waals surface area contributed by atoms with Crippen LogP contribution >= 0.6 is 12.6 Å². The summed E-state index contributed by atoms with van der Waals surface area (Å²) in [4.78, 5) is 35.0. The van der Waals surface area contributed by atoms with E-state index in [1.54, 1.807) is 24.3 Å². The fourth-order valence-corrected chi connectivity index (χ4v) is 1.95. The largest absolute Gasteiger partial charge is 0.340 e. The van der Waals surface area contributed by atoms with Gasteiger partial charge in [0.25, 0.3) is 5.91 Å². The van der Waals surface area contributed by atoms with Crippen LogP contribution in [0.25, 0.3) is 0 Å². The molecule has 6 heteroatoms. The van der Waals surface area contributed by atoms with Crippen molar-refractivity contribution in [1.82, 2.24) is 10.6 Å². The van der Waals surface area contributed by atoms with Gasteiger partial charge in [0.05, 0.1) is 0 Å². The van der Waals surface area contributed by atoms with Crippen LogP contribution in [-0.2, 0) is 9.59 Å². The molecule has 1 aliphatic rings. The van der Waals surface area contributed by atoms with Gasteiger partial charge in [-0.05, 0) is 24.6 Å². The standard InChI is InChI=1S/C12H12N2O3S/c15-10-5-4-9(12(17)14-10)13-11(16)7-2-1-3-8(18)6-7/h1-3,6,9,18H,4-5H2,(H,13,16)(H,14,15,17). The first kappa shape index (κ1) is 12.6. The smallest absolute Gasteiger partial charge is 0.251 e. The Balaban J connectivity index is 2.03.